The van der Waals surface area contributed by atoms with E-state index in [1.165, 1.54) is 25.8 Å². The summed E-state index contributed by atoms with van der Waals surface area (Å²) in [6.45, 7) is 6.37. The average Bonchev–Trinajstić information content (AvgIpc) is 3.39. The van der Waals surface area contributed by atoms with Gasteiger partial charge in [0.1, 0.15) is 5.60 Å². The van der Waals surface area contributed by atoms with Crippen LogP contribution in [0.25, 0.3) is 0 Å². The molecule has 5 rings (SSSR count). The Kier molecular flexibility index (Phi) is 4.13. The molecule has 0 unspecified atom stereocenters. The summed E-state index contributed by atoms with van der Waals surface area (Å²) in [6.07, 6.45) is 8.45. The molecule has 1 aromatic heterocycles. The molecule has 0 aromatic carbocycles. The molecule has 27 heavy (non-hydrogen) atoms. The quantitative estimate of drug-likeness (QED) is 0.732. The van der Waals surface area contributed by atoms with Crippen molar-refractivity contribution >= 4 is 5.91 Å². The number of rotatable bonds is 5. The minimum atomic E-state index is -0.498. The van der Waals surface area contributed by atoms with Crippen molar-refractivity contribution in [2.75, 3.05) is 33.2 Å². The van der Waals surface area contributed by atoms with Crippen LogP contribution in [0.15, 0.2) is 16.7 Å². The van der Waals surface area contributed by atoms with Crippen molar-refractivity contribution < 1.29 is 14.1 Å². The Balaban J connectivity index is 1.28. The molecule has 3 fully saturated rings. The fraction of sp³-hybridized carbons (Fsp3) is 0.750. The van der Waals surface area contributed by atoms with Gasteiger partial charge in [0.05, 0.1) is 24.5 Å². The Hall–Kier alpha value is -1.73. The highest BCUT2D eigenvalue weighted by Crippen LogP contribution is 2.55. The number of likely N-dealkylation sites (N-methyl/N-ethyl adjacent to an activating group) is 1. The predicted molar refractivity (Wildman–Crippen MR) is 98.1 cm³/mol. The van der Waals surface area contributed by atoms with Crippen molar-refractivity contribution in [3.8, 4) is 0 Å². The maximum Gasteiger partial charge on any atom is 0.233 e. The van der Waals surface area contributed by atoms with Crippen molar-refractivity contribution in [2.45, 2.75) is 50.2 Å². The topological polar surface area (TPSA) is 71.7 Å². The SMILES string of the molecule is CCCN1CCC(Cc2noc([C@H]3[C@@H]4C=C[C@@]5(CN(C)C(=O)[C@@H]35)O4)n2)CC1. The zero-order valence-corrected chi connectivity index (χ0v) is 16.1. The zero-order chi connectivity index (χ0) is 18.6. The van der Waals surface area contributed by atoms with E-state index in [0.29, 0.717) is 18.4 Å². The lowest BCUT2D eigenvalue weighted by Crippen LogP contribution is -2.35. The van der Waals surface area contributed by atoms with Gasteiger partial charge >= 0.3 is 0 Å². The molecule has 1 amide bonds. The minimum absolute atomic E-state index is 0.120. The first-order valence-corrected chi connectivity index (χ1v) is 10.3. The fourth-order valence-corrected chi connectivity index (χ4v) is 5.45. The van der Waals surface area contributed by atoms with Gasteiger partial charge in [-0.3, -0.25) is 4.79 Å². The molecule has 0 saturated carbocycles. The largest absolute Gasteiger partial charge is 0.360 e. The number of nitrogens with zero attached hydrogens (tertiary/aromatic N) is 4. The number of carbonyl (C=O) groups excluding carboxylic acids is 1. The summed E-state index contributed by atoms with van der Waals surface area (Å²) in [7, 11) is 1.83. The van der Waals surface area contributed by atoms with Crippen molar-refractivity contribution in [1.82, 2.24) is 19.9 Å². The van der Waals surface area contributed by atoms with Crippen LogP contribution in [0.1, 0.15) is 43.8 Å². The molecule has 2 bridgehead atoms. The van der Waals surface area contributed by atoms with Gasteiger partial charge in [0.25, 0.3) is 0 Å². The number of piperidine rings is 1. The normalized spacial score (nSPS) is 36.1. The maximum absolute atomic E-state index is 12.7. The lowest BCUT2D eigenvalue weighted by Gasteiger charge is -2.31. The van der Waals surface area contributed by atoms with E-state index in [-0.39, 0.29) is 23.8 Å². The van der Waals surface area contributed by atoms with Crippen LogP contribution in [0.2, 0.25) is 0 Å². The number of aromatic nitrogens is 2. The second kappa shape index (κ2) is 6.41. The smallest absolute Gasteiger partial charge is 0.233 e. The van der Waals surface area contributed by atoms with Crippen LogP contribution in [-0.4, -0.2) is 70.8 Å². The molecule has 146 valence electrons. The average molecular weight is 372 g/mol. The van der Waals surface area contributed by atoms with Gasteiger partial charge in [-0.15, -0.1) is 0 Å². The van der Waals surface area contributed by atoms with Gasteiger partial charge in [-0.25, -0.2) is 0 Å². The number of likely N-dealkylation sites (tertiary alicyclic amines) is 2. The van der Waals surface area contributed by atoms with E-state index >= 15 is 0 Å². The molecule has 7 nitrogen and oxygen atoms in total. The van der Waals surface area contributed by atoms with Crippen molar-refractivity contribution in [3.63, 3.8) is 0 Å². The summed E-state index contributed by atoms with van der Waals surface area (Å²) in [4.78, 5) is 21.7. The monoisotopic (exact) mass is 372 g/mol. The Morgan fingerprint density at radius 3 is 2.93 bits per heavy atom. The molecule has 7 heteroatoms. The van der Waals surface area contributed by atoms with E-state index in [1.807, 2.05) is 7.05 Å². The summed E-state index contributed by atoms with van der Waals surface area (Å²) in [5.74, 6) is 1.69. The summed E-state index contributed by atoms with van der Waals surface area (Å²) >= 11 is 0. The number of amides is 1. The third-order valence-corrected chi connectivity index (χ3v) is 6.78. The first kappa shape index (κ1) is 17.4. The van der Waals surface area contributed by atoms with Gasteiger partial charge in [-0.2, -0.15) is 4.98 Å². The Morgan fingerprint density at radius 1 is 1.33 bits per heavy atom. The van der Waals surface area contributed by atoms with Gasteiger partial charge in [0.15, 0.2) is 5.82 Å². The highest BCUT2D eigenvalue weighted by Gasteiger charge is 2.66. The van der Waals surface area contributed by atoms with Gasteiger partial charge in [0, 0.05) is 13.5 Å². The lowest BCUT2D eigenvalue weighted by molar-refractivity contribution is -0.130. The number of ether oxygens (including phenoxy) is 1. The molecule has 1 spiro atoms. The Labute approximate surface area is 159 Å². The third-order valence-electron chi connectivity index (χ3n) is 6.78. The number of hydrogen-bond acceptors (Lipinski definition) is 6. The zero-order valence-electron chi connectivity index (χ0n) is 16.1. The molecule has 4 aliphatic rings. The molecule has 5 heterocycles. The van der Waals surface area contributed by atoms with Crippen LogP contribution in [-0.2, 0) is 16.0 Å². The number of hydrogen-bond donors (Lipinski definition) is 0. The summed E-state index contributed by atoms with van der Waals surface area (Å²) in [5, 5.41) is 4.25. The molecule has 0 aliphatic carbocycles. The van der Waals surface area contributed by atoms with Crippen molar-refractivity contribution in [3.05, 3.63) is 23.9 Å². The maximum atomic E-state index is 12.7. The molecular formula is C20H28N4O3. The van der Waals surface area contributed by atoms with E-state index in [1.54, 1.807) is 4.90 Å². The number of fused-ring (bicyclic) bond motifs is 1. The van der Waals surface area contributed by atoms with E-state index in [4.69, 9.17) is 14.2 Å². The number of carbonyl (C=O) groups is 1. The van der Waals surface area contributed by atoms with Gasteiger partial charge in [-0.1, -0.05) is 24.2 Å². The van der Waals surface area contributed by atoms with Gasteiger partial charge in [-0.05, 0) is 44.8 Å². The van der Waals surface area contributed by atoms with Crippen LogP contribution in [0.5, 0.6) is 0 Å². The summed E-state index contributed by atoms with van der Waals surface area (Å²) in [5.41, 5.74) is -0.498. The first-order valence-electron chi connectivity index (χ1n) is 10.3. The molecule has 1 aromatic rings. The predicted octanol–water partition coefficient (Wildman–Crippen LogP) is 1.61. The van der Waals surface area contributed by atoms with E-state index in [0.717, 1.165) is 25.3 Å². The van der Waals surface area contributed by atoms with E-state index in [9.17, 15) is 4.79 Å². The van der Waals surface area contributed by atoms with Crippen LogP contribution >= 0.6 is 0 Å². The molecular weight excluding hydrogens is 344 g/mol. The van der Waals surface area contributed by atoms with Crippen molar-refractivity contribution in [1.29, 1.82) is 0 Å². The van der Waals surface area contributed by atoms with Crippen LogP contribution < -0.4 is 0 Å². The summed E-state index contributed by atoms with van der Waals surface area (Å²) in [6, 6.07) is 0. The second-order valence-corrected chi connectivity index (χ2v) is 8.63. The Morgan fingerprint density at radius 2 is 2.15 bits per heavy atom. The highest BCUT2D eigenvalue weighted by atomic mass is 16.5. The standard InChI is InChI=1S/C20H28N4O3/c1-3-8-24-9-5-13(6-10-24)11-15-21-18(27-22-15)16-14-4-7-20(26-14)12-23(2)19(25)17(16)20/h4,7,13-14,16-17H,3,5-6,8-12H2,1-2H3/t14-,16-,17+,20-/m0/s1. The van der Waals surface area contributed by atoms with Crippen molar-refractivity contribution in [2.24, 2.45) is 11.8 Å². The van der Waals surface area contributed by atoms with Crippen LogP contribution in [0.4, 0.5) is 0 Å². The molecule has 0 radical (unpaired) electrons. The second-order valence-electron chi connectivity index (χ2n) is 8.63. The highest BCUT2D eigenvalue weighted by molar-refractivity contribution is 5.85. The Bertz CT molecular complexity index is 754. The first-order chi connectivity index (χ1) is 13.1. The van der Waals surface area contributed by atoms with Gasteiger partial charge in [0.2, 0.25) is 11.8 Å². The van der Waals surface area contributed by atoms with Crippen LogP contribution in [0.3, 0.4) is 0 Å². The molecule has 4 atom stereocenters. The van der Waals surface area contributed by atoms with Crippen LogP contribution in [0, 0.1) is 11.8 Å². The third kappa shape index (κ3) is 2.74. The van der Waals surface area contributed by atoms with Gasteiger partial charge < -0.3 is 19.1 Å². The van der Waals surface area contributed by atoms with E-state index < -0.39 is 5.60 Å². The summed E-state index contributed by atoms with van der Waals surface area (Å²) < 4.78 is 11.8. The molecule has 3 saturated heterocycles. The molecule has 0 N–H and O–H groups in total. The molecule has 4 aliphatic heterocycles. The van der Waals surface area contributed by atoms with E-state index in [2.05, 4.69) is 29.1 Å². The minimum Gasteiger partial charge on any atom is -0.360 e. The lowest BCUT2D eigenvalue weighted by atomic mass is 9.77. The fourth-order valence-electron chi connectivity index (χ4n) is 5.45.